The van der Waals surface area contributed by atoms with Crippen molar-refractivity contribution in [2.75, 3.05) is 72.6 Å². The number of fused-ring (bicyclic) bond motifs is 1. The Morgan fingerprint density at radius 2 is 1.62 bits per heavy atom. The molecule has 84 heavy (non-hydrogen) atoms. The topological polar surface area (TPSA) is 290 Å². The van der Waals surface area contributed by atoms with Crippen LogP contribution < -0.4 is 40.0 Å². The Kier molecular flexibility index (Phi) is 31.3. The molecule has 6 rings (SSSR count). The lowest BCUT2D eigenvalue weighted by Crippen LogP contribution is -2.47. The van der Waals surface area contributed by atoms with Crippen LogP contribution in [-0.2, 0) is 36.3 Å². The summed E-state index contributed by atoms with van der Waals surface area (Å²) in [6, 6.07) is 19.7. The monoisotopic (exact) mass is 1300 g/mol. The van der Waals surface area contributed by atoms with Crippen LogP contribution in [0.3, 0.4) is 0 Å². The van der Waals surface area contributed by atoms with Crippen LogP contribution in [-0.4, -0.2) is 127 Å². The molecule has 31 heteroatoms. The van der Waals surface area contributed by atoms with Gasteiger partial charge in [-0.05, 0) is 121 Å². The number of aryl methyl sites for hydroxylation is 2. The van der Waals surface area contributed by atoms with Gasteiger partial charge in [0.25, 0.3) is 5.91 Å². The van der Waals surface area contributed by atoms with Crippen LogP contribution in [0.15, 0.2) is 78.9 Å². The summed E-state index contributed by atoms with van der Waals surface area (Å²) in [5.41, 5.74) is 2.68. The van der Waals surface area contributed by atoms with Gasteiger partial charge >= 0.3 is 25.4 Å². The first-order valence-electron chi connectivity index (χ1n) is 25.4. The first-order chi connectivity index (χ1) is 39.2. The minimum atomic E-state index is -4.52. The highest BCUT2D eigenvalue weighted by Gasteiger charge is 2.33. The van der Waals surface area contributed by atoms with Crippen LogP contribution >= 0.6 is 65.6 Å². The van der Waals surface area contributed by atoms with Gasteiger partial charge in [-0.25, -0.2) is 0 Å². The van der Waals surface area contributed by atoms with Gasteiger partial charge in [-0.2, -0.15) is 28.1 Å². The third-order valence-corrected chi connectivity index (χ3v) is 12.3. The van der Waals surface area contributed by atoms with Gasteiger partial charge in [0.2, 0.25) is 28.8 Å². The van der Waals surface area contributed by atoms with Crippen molar-refractivity contribution in [1.29, 1.82) is 0 Å². The van der Waals surface area contributed by atoms with E-state index in [9.17, 15) is 42.2 Å². The van der Waals surface area contributed by atoms with E-state index in [-0.39, 0.29) is 75.2 Å². The zero-order valence-electron chi connectivity index (χ0n) is 47.5. The number of alkyl halides is 6. The number of hydrogen-bond donors (Lipinski definition) is 6. The minimum Gasteiger partial charge on any atom is -0.489 e. The number of nitro benzene ring substituents is 1. The average Bonchev–Trinajstić information content (AvgIpc) is 3.35. The number of anilines is 4. The Balaban J connectivity index is 0.000000368. The number of carbonyl (C=O) groups excluding carboxylic acids is 2. The van der Waals surface area contributed by atoms with Gasteiger partial charge in [-0.15, -0.1) is 11.6 Å². The van der Waals surface area contributed by atoms with Crippen molar-refractivity contribution in [3.05, 3.63) is 116 Å². The highest BCUT2D eigenvalue weighted by atomic mass is 35.5. The number of ether oxygens (including phenoxy) is 4. The van der Waals surface area contributed by atoms with Crippen molar-refractivity contribution in [2.24, 2.45) is 0 Å². The lowest BCUT2D eigenvalue weighted by molar-refractivity contribution is -0.385. The summed E-state index contributed by atoms with van der Waals surface area (Å²) in [7, 11) is -2.46. The van der Waals surface area contributed by atoms with Gasteiger partial charge in [0.05, 0.1) is 65.0 Å². The maximum Gasteiger partial charge on any atom is 0.416 e. The molecule has 0 saturated carbocycles. The predicted octanol–water partition coefficient (Wildman–Crippen LogP) is 12.2. The second-order valence-electron chi connectivity index (χ2n) is 18.6. The van der Waals surface area contributed by atoms with E-state index in [1.807, 2.05) is 84.9 Å². The summed E-state index contributed by atoms with van der Waals surface area (Å²) in [6.45, 7) is 19.1. The smallest absolute Gasteiger partial charge is 0.416 e. The summed E-state index contributed by atoms with van der Waals surface area (Å²) < 4.78 is 69.1. The molecule has 0 saturated heterocycles. The van der Waals surface area contributed by atoms with Crippen molar-refractivity contribution >= 4 is 112 Å². The average molecular weight is 1300 g/mol. The van der Waals surface area contributed by atoms with E-state index >= 15 is 0 Å². The standard InChI is InChI=1S/C15H11ClF3NO4.C15H22ClNO2.C11H11Cl2NO2.C9H16ClN5.C3H8NO5P/c1-2-23-14-8-10(4-5-12(14)20(21)22)24-13-6-3-9(7-11(13)16)15(17,18)19;1-5-13-8-6-7-11(2)15(13)17(14(18)9-16)12(3)10-19-4;1-7-6-16-9-5-3-2-4-8(9)14(7)11(15)10(12)13;1-5-11-7-12-6(10)13-8(14-7)15-9(2,3)4;5-3(6)1-4-2-10(7,8)9/h3-8H,2H2,1H3;6-8,12H,5,9-10H2,1-4H3;2-5,7,10H,6H2,1H3;5H2,1-4H3,(H2,11,12,13,14,15);4H,1-2H2,(H,5,6)(H2,7,8,9). The molecule has 0 fully saturated rings. The van der Waals surface area contributed by atoms with Crippen LogP contribution in [0.25, 0.3) is 0 Å². The number of benzene rings is 4. The summed E-state index contributed by atoms with van der Waals surface area (Å²) in [4.78, 5) is 74.9. The molecule has 4 aromatic carbocycles. The number of rotatable bonds is 19. The number of carboxylic acids is 1. The lowest BCUT2D eigenvalue weighted by Gasteiger charge is -2.35. The zero-order chi connectivity index (χ0) is 63.7. The van der Waals surface area contributed by atoms with E-state index in [1.165, 1.54) is 18.2 Å². The number of aliphatic carboxylic acids is 1. The number of methoxy groups -OCH3 is 1. The fraction of sp³-hybridized carbons (Fsp3) is 0.434. The van der Waals surface area contributed by atoms with Crippen molar-refractivity contribution in [3.63, 3.8) is 0 Å². The molecule has 6 N–H and O–H groups in total. The lowest BCUT2D eigenvalue weighted by atomic mass is 10.0. The number of nitro groups is 1. The second kappa shape index (κ2) is 35.5. The molecule has 0 spiro atoms. The molecule has 0 aliphatic carbocycles. The highest BCUT2D eigenvalue weighted by molar-refractivity contribution is 7.51. The molecule has 2 heterocycles. The van der Waals surface area contributed by atoms with E-state index < -0.39 is 47.9 Å². The number of carbonyl (C=O) groups is 3. The number of aromatic nitrogens is 3. The van der Waals surface area contributed by atoms with E-state index in [0.717, 1.165) is 53.7 Å². The van der Waals surface area contributed by atoms with Crippen LogP contribution in [0.1, 0.15) is 72.1 Å². The normalized spacial score (nSPS) is 13.0. The third kappa shape index (κ3) is 25.7. The second-order valence-corrected chi connectivity index (χ2v) is 22.4. The van der Waals surface area contributed by atoms with Crippen LogP contribution in [0.4, 0.5) is 42.1 Å². The number of hydrogen-bond acceptors (Lipinski definition) is 16. The number of halogens is 8. The van der Waals surface area contributed by atoms with Gasteiger partial charge in [0.1, 0.15) is 29.7 Å². The molecule has 1 aromatic heterocycles. The fourth-order valence-electron chi connectivity index (χ4n) is 7.22. The Bertz CT molecular complexity index is 3000. The molecular weight excluding hydrogens is 1240 g/mol. The minimum absolute atomic E-state index is 0.0111. The third-order valence-electron chi connectivity index (χ3n) is 10.6. The molecule has 2 atom stereocenters. The summed E-state index contributed by atoms with van der Waals surface area (Å²) in [6.07, 6.45) is -4.24. The molecule has 0 bridgehead atoms. The quantitative estimate of drug-likeness (QED) is 0.0194. The Labute approximate surface area is 509 Å². The predicted molar refractivity (Wildman–Crippen MR) is 320 cm³/mol. The molecule has 5 aromatic rings. The van der Waals surface area contributed by atoms with Crippen molar-refractivity contribution in [2.45, 2.75) is 97.4 Å². The number of amides is 2. The van der Waals surface area contributed by atoms with Crippen LogP contribution in [0.2, 0.25) is 10.3 Å². The van der Waals surface area contributed by atoms with E-state index in [0.29, 0.717) is 30.9 Å². The highest BCUT2D eigenvalue weighted by Crippen LogP contribution is 2.39. The molecule has 1 aliphatic rings. The van der Waals surface area contributed by atoms with Gasteiger partial charge in [0.15, 0.2) is 4.84 Å². The first-order valence-corrected chi connectivity index (χ1v) is 29.3. The zero-order valence-corrected chi connectivity index (χ0v) is 52.1. The maximum atomic E-state index is 12.6. The van der Waals surface area contributed by atoms with Crippen LogP contribution in [0.5, 0.6) is 23.0 Å². The molecule has 2 unspecified atom stereocenters. The Morgan fingerprint density at radius 3 is 2.15 bits per heavy atom. The van der Waals surface area contributed by atoms with E-state index in [4.69, 9.17) is 91.8 Å². The first kappa shape index (κ1) is 74.1. The molecule has 1 aliphatic heterocycles. The molecule has 22 nitrogen and oxygen atoms in total. The van der Waals surface area contributed by atoms with Gasteiger partial charge in [-0.3, -0.25) is 34.4 Å². The summed E-state index contributed by atoms with van der Waals surface area (Å²) in [5, 5.41) is 27.0. The molecule has 464 valence electrons. The van der Waals surface area contributed by atoms with Gasteiger partial charge in [-0.1, -0.05) is 72.1 Å². The Hall–Kier alpha value is -5.99. The molecular formula is C53H68Cl5F3N9O13P. The van der Waals surface area contributed by atoms with Crippen molar-refractivity contribution in [3.8, 4) is 23.0 Å². The Morgan fingerprint density at radius 1 is 0.964 bits per heavy atom. The van der Waals surface area contributed by atoms with Gasteiger partial charge in [0, 0.05) is 31.3 Å². The largest absolute Gasteiger partial charge is 0.489 e. The fourth-order valence-corrected chi connectivity index (χ4v) is 8.34. The summed E-state index contributed by atoms with van der Waals surface area (Å²) >= 11 is 28.6. The van der Waals surface area contributed by atoms with Crippen LogP contribution in [0, 0.1) is 17.0 Å². The molecule has 2 amide bonds. The van der Waals surface area contributed by atoms with Crippen molar-refractivity contribution < 1.29 is 70.9 Å². The van der Waals surface area contributed by atoms with E-state index in [2.05, 4.69) is 43.9 Å². The number of nitrogens with one attached hydrogen (secondary N) is 3. The number of nitrogens with zero attached hydrogens (tertiary/aromatic N) is 6. The van der Waals surface area contributed by atoms with E-state index in [1.54, 1.807) is 23.8 Å². The molecule has 0 radical (unpaired) electrons. The number of carboxylic acid groups (broad SMARTS) is 1. The summed E-state index contributed by atoms with van der Waals surface area (Å²) in [5.74, 6) is 0.210. The SMILES string of the molecule is CC1COc2ccccc2N1C(=O)C(Cl)Cl.CCNc1nc(Cl)nc(NC(C)(C)C)n1.CCOc1cc(Oc2ccc(C(F)(F)F)cc2Cl)ccc1[N+](=O)[O-].CCc1cccc(C)c1N(C(=O)CCl)C(C)COC.O=C(O)CNCP(=O)(O)O. The van der Waals surface area contributed by atoms with Gasteiger partial charge < -0.3 is 54.3 Å². The van der Waals surface area contributed by atoms with Crippen molar-refractivity contribution in [1.82, 2.24) is 20.3 Å². The maximum absolute atomic E-state index is 12.6. The number of para-hydroxylation sites is 3.